The van der Waals surface area contributed by atoms with E-state index in [1.807, 2.05) is 43.5 Å². The summed E-state index contributed by atoms with van der Waals surface area (Å²) in [6, 6.07) is 18.2. The summed E-state index contributed by atoms with van der Waals surface area (Å²) in [5.41, 5.74) is 5.58. The van der Waals surface area contributed by atoms with E-state index in [4.69, 9.17) is 16.6 Å². The van der Waals surface area contributed by atoms with Gasteiger partial charge in [-0.15, -0.1) is 0 Å². The van der Waals surface area contributed by atoms with Crippen LogP contribution < -0.4 is 4.90 Å². The second-order valence-electron chi connectivity index (χ2n) is 8.60. The molecule has 1 fully saturated rings. The molecular weight excluding hydrogens is 408 g/mol. The summed E-state index contributed by atoms with van der Waals surface area (Å²) >= 11 is 5.99. The van der Waals surface area contributed by atoms with Gasteiger partial charge in [0.25, 0.3) is 0 Å². The molecule has 0 atom stereocenters. The Hall–Kier alpha value is -2.89. The van der Waals surface area contributed by atoms with Gasteiger partial charge in [-0.3, -0.25) is 4.98 Å². The fourth-order valence-corrected chi connectivity index (χ4v) is 4.32. The Bertz CT molecular complexity index is 1220. The molecule has 1 N–H and O–H groups in total. The number of aromatic nitrogens is 3. The monoisotopic (exact) mass is 432 g/mol. The molecule has 5 nitrogen and oxygen atoms in total. The molecule has 0 amide bonds. The lowest BCUT2D eigenvalue weighted by Crippen LogP contribution is -2.43. The van der Waals surface area contributed by atoms with Gasteiger partial charge in [0.15, 0.2) is 0 Å². The summed E-state index contributed by atoms with van der Waals surface area (Å²) in [7, 11) is 2.05. The van der Waals surface area contributed by atoms with E-state index in [0.29, 0.717) is 0 Å². The van der Waals surface area contributed by atoms with Crippen molar-refractivity contribution in [1.29, 1.82) is 0 Å². The number of rotatable bonds is 3. The molecule has 1 aliphatic heterocycles. The third-order valence-corrected chi connectivity index (χ3v) is 6.47. The fourth-order valence-electron chi connectivity index (χ4n) is 4.20. The largest absolute Gasteiger partial charge is 0.390 e. The zero-order valence-electron chi connectivity index (χ0n) is 17.7. The molecule has 0 aliphatic carbocycles. The van der Waals surface area contributed by atoms with Gasteiger partial charge in [0.2, 0.25) is 5.95 Å². The number of anilines is 1. The predicted octanol–water partition coefficient (Wildman–Crippen LogP) is 5.31. The number of hydrogen-bond donors (Lipinski definition) is 1. The quantitative estimate of drug-likeness (QED) is 0.476. The molecule has 2 aromatic heterocycles. The van der Waals surface area contributed by atoms with Crippen LogP contribution in [0.4, 0.5) is 5.95 Å². The first-order valence-electron chi connectivity index (χ1n) is 10.6. The second kappa shape index (κ2) is 7.66. The molecule has 1 aliphatic rings. The maximum absolute atomic E-state index is 10.2. The first-order valence-corrected chi connectivity index (χ1v) is 10.9. The van der Waals surface area contributed by atoms with E-state index >= 15 is 0 Å². The van der Waals surface area contributed by atoms with Gasteiger partial charge in [-0.25, -0.2) is 4.98 Å². The first-order chi connectivity index (χ1) is 14.9. The second-order valence-corrected chi connectivity index (χ2v) is 9.03. The number of aliphatic hydroxyl groups is 1. The lowest BCUT2D eigenvalue weighted by atomic mass is 9.94. The zero-order chi connectivity index (χ0) is 21.6. The number of imidazole rings is 1. The Morgan fingerprint density at radius 2 is 1.61 bits per heavy atom. The van der Waals surface area contributed by atoms with Gasteiger partial charge in [-0.1, -0.05) is 35.9 Å². The highest BCUT2D eigenvalue weighted by atomic mass is 35.5. The van der Waals surface area contributed by atoms with Crippen molar-refractivity contribution >= 4 is 28.6 Å². The van der Waals surface area contributed by atoms with Crippen LogP contribution in [0.2, 0.25) is 5.02 Å². The van der Waals surface area contributed by atoms with Crippen molar-refractivity contribution in [2.45, 2.75) is 25.4 Å². The van der Waals surface area contributed by atoms with Gasteiger partial charge < -0.3 is 14.6 Å². The number of benzene rings is 2. The molecule has 0 spiro atoms. The SMILES string of the molecule is Cn1c(N2CCC(C)(O)CC2)nc2cc(-c3ccc(-c4ccc(Cl)cc4)cn3)ccc21. The molecular formula is C25H25ClN4O. The minimum Gasteiger partial charge on any atom is -0.390 e. The molecule has 0 radical (unpaired) electrons. The molecule has 4 aromatic rings. The molecule has 0 saturated carbocycles. The zero-order valence-corrected chi connectivity index (χ0v) is 18.5. The summed E-state index contributed by atoms with van der Waals surface area (Å²) in [5.74, 6) is 0.952. The van der Waals surface area contributed by atoms with E-state index in [9.17, 15) is 5.11 Å². The molecule has 5 rings (SSSR count). The lowest BCUT2D eigenvalue weighted by Gasteiger charge is -2.36. The Kier molecular flexibility index (Phi) is 4.95. The van der Waals surface area contributed by atoms with Gasteiger partial charge in [0.1, 0.15) is 0 Å². The van der Waals surface area contributed by atoms with E-state index in [-0.39, 0.29) is 0 Å². The third-order valence-electron chi connectivity index (χ3n) is 6.22. The van der Waals surface area contributed by atoms with Crippen LogP contribution in [-0.2, 0) is 7.05 Å². The lowest BCUT2D eigenvalue weighted by molar-refractivity contribution is 0.0348. The topological polar surface area (TPSA) is 54.2 Å². The van der Waals surface area contributed by atoms with Crippen LogP contribution in [0.25, 0.3) is 33.4 Å². The van der Waals surface area contributed by atoms with Gasteiger partial charge in [0, 0.05) is 42.5 Å². The highest BCUT2D eigenvalue weighted by molar-refractivity contribution is 6.30. The molecule has 158 valence electrons. The van der Waals surface area contributed by atoms with Crippen LogP contribution in [0.5, 0.6) is 0 Å². The standard InChI is InChI=1S/C25H25ClN4O/c1-25(31)11-13-30(14-12-25)24-28-22-15-18(6-10-23(22)29(24)2)21-9-5-19(16-27-21)17-3-7-20(26)8-4-17/h3-10,15-16,31H,11-14H2,1-2H3. The Labute approximate surface area is 186 Å². The maximum atomic E-state index is 10.2. The number of nitrogens with zero attached hydrogens (tertiary/aromatic N) is 4. The van der Waals surface area contributed by atoms with Crippen LogP contribution in [0.1, 0.15) is 19.8 Å². The minimum atomic E-state index is -0.571. The number of pyridine rings is 1. The maximum Gasteiger partial charge on any atom is 0.206 e. The Morgan fingerprint density at radius 1 is 0.935 bits per heavy atom. The molecule has 2 aromatic carbocycles. The average Bonchev–Trinajstić information content (AvgIpc) is 3.10. The average molecular weight is 433 g/mol. The third kappa shape index (κ3) is 3.91. The number of aryl methyl sites for hydroxylation is 1. The minimum absolute atomic E-state index is 0.571. The van der Waals surface area contributed by atoms with Crippen LogP contribution in [0.3, 0.4) is 0 Å². The summed E-state index contributed by atoms with van der Waals surface area (Å²) in [4.78, 5) is 11.9. The van der Waals surface area contributed by atoms with Gasteiger partial charge in [0.05, 0.1) is 22.3 Å². The van der Waals surface area contributed by atoms with E-state index in [1.165, 1.54) is 0 Å². The van der Waals surface area contributed by atoms with Crippen LogP contribution in [0, 0.1) is 0 Å². The Morgan fingerprint density at radius 3 is 2.29 bits per heavy atom. The normalized spacial score (nSPS) is 16.1. The number of halogens is 1. The van der Waals surface area contributed by atoms with Crippen molar-refractivity contribution in [3.05, 3.63) is 65.8 Å². The summed E-state index contributed by atoms with van der Waals surface area (Å²) in [5, 5.41) is 11.0. The van der Waals surface area contributed by atoms with E-state index in [2.05, 4.69) is 45.8 Å². The fraction of sp³-hybridized carbons (Fsp3) is 0.280. The molecule has 3 heterocycles. The van der Waals surface area contributed by atoms with Gasteiger partial charge in [-0.2, -0.15) is 0 Å². The molecule has 6 heteroatoms. The molecule has 0 unspecified atom stereocenters. The van der Waals surface area contributed by atoms with Gasteiger partial charge in [-0.05, 0) is 55.7 Å². The highest BCUT2D eigenvalue weighted by Gasteiger charge is 2.29. The predicted molar refractivity (Wildman–Crippen MR) is 126 cm³/mol. The van der Waals surface area contributed by atoms with Crippen molar-refractivity contribution in [1.82, 2.24) is 14.5 Å². The first kappa shape index (κ1) is 20.0. The van der Waals surface area contributed by atoms with E-state index < -0.39 is 5.60 Å². The number of piperidine rings is 1. The summed E-state index contributed by atoms with van der Waals surface area (Å²) < 4.78 is 2.14. The van der Waals surface area contributed by atoms with Crippen LogP contribution in [-0.4, -0.2) is 38.3 Å². The summed E-state index contributed by atoms with van der Waals surface area (Å²) in [6.45, 7) is 3.53. The smallest absolute Gasteiger partial charge is 0.206 e. The highest BCUT2D eigenvalue weighted by Crippen LogP contribution is 2.30. The molecule has 31 heavy (non-hydrogen) atoms. The van der Waals surface area contributed by atoms with Crippen molar-refractivity contribution in [3.63, 3.8) is 0 Å². The number of fused-ring (bicyclic) bond motifs is 1. The molecule has 0 bridgehead atoms. The number of hydrogen-bond acceptors (Lipinski definition) is 4. The summed E-state index contributed by atoms with van der Waals surface area (Å²) in [6.07, 6.45) is 3.41. The van der Waals surface area contributed by atoms with Crippen LogP contribution >= 0.6 is 11.6 Å². The van der Waals surface area contributed by atoms with Crippen LogP contribution in [0.15, 0.2) is 60.8 Å². The van der Waals surface area contributed by atoms with E-state index in [0.717, 1.165) is 70.3 Å². The van der Waals surface area contributed by atoms with Crippen molar-refractivity contribution in [2.24, 2.45) is 7.05 Å². The molecule has 1 saturated heterocycles. The van der Waals surface area contributed by atoms with Gasteiger partial charge >= 0.3 is 0 Å². The van der Waals surface area contributed by atoms with E-state index in [1.54, 1.807) is 0 Å². The van der Waals surface area contributed by atoms with Crippen molar-refractivity contribution in [3.8, 4) is 22.4 Å². The Balaban J connectivity index is 1.43. The van der Waals surface area contributed by atoms with Crippen molar-refractivity contribution < 1.29 is 5.11 Å². The van der Waals surface area contributed by atoms with Crippen molar-refractivity contribution in [2.75, 3.05) is 18.0 Å².